The Bertz CT molecular complexity index is 525. The zero-order valence-corrected chi connectivity index (χ0v) is 11.2. The molecule has 4 heteroatoms. The normalized spacial score (nSPS) is 12.1. The van der Waals surface area contributed by atoms with E-state index in [4.69, 9.17) is 0 Å². The van der Waals surface area contributed by atoms with E-state index in [0.717, 1.165) is 12.0 Å². The minimum atomic E-state index is -0.382. The van der Waals surface area contributed by atoms with E-state index in [1.165, 1.54) is 5.56 Å². The van der Waals surface area contributed by atoms with Crippen LogP contribution in [0.1, 0.15) is 16.0 Å². The Kier molecular flexibility index (Phi) is 4.10. The van der Waals surface area contributed by atoms with Gasteiger partial charge in [-0.1, -0.05) is 58.4 Å². The predicted octanol–water partition coefficient (Wildman–Crippen LogP) is 4.27. The lowest BCUT2D eigenvalue weighted by atomic mass is 10.0. The Morgan fingerprint density at radius 1 is 1.06 bits per heavy atom. The number of alkyl halides is 1. The van der Waals surface area contributed by atoms with Crippen molar-refractivity contribution in [3.05, 3.63) is 75.8 Å². The molecule has 2 aromatic carbocycles. The molecule has 18 heavy (non-hydrogen) atoms. The van der Waals surface area contributed by atoms with Crippen LogP contribution in [0.4, 0.5) is 5.69 Å². The van der Waals surface area contributed by atoms with E-state index in [0.29, 0.717) is 0 Å². The molecule has 0 saturated heterocycles. The van der Waals surface area contributed by atoms with Gasteiger partial charge in [-0.05, 0) is 17.5 Å². The first kappa shape index (κ1) is 12.8. The lowest BCUT2D eigenvalue weighted by molar-refractivity contribution is -0.384. The summed E-state index contributed by atoms with van der Waals surface area (Å²) < 4.78 is 0. The number of hydrogen-bond donors (Lipinski definition) is 0. The Morgan fingerprint density at radius 2 is 1.67 bits per heavy atom. The summed E-state index contributed by atoms with van der Waals surface area (Å²) in [7, 11) is 0. The standard InChI is InChI=1S/C14H12BrNO2/c15-14(12-4-2-1-3-5-12)10-11-6-8-13(9-7-11)16(17)18/h1-9,14H,10H2. The summed E-state index contributed by atoms with van der Waals surface area (Å²) in [6.45, 7) is 0. The van der Waals surface area contributed by atoms with Gasteiger partial charge in [-0.3, -0.25) is 10.1 Å². The van der Waals surface area contributed by atoms with Crippen molar-refractivity contribution in [2.24, 2.45) is 0 Å². The molecule has 0 radical (unpaired) electrons. The van der Waals surface area contributed by atoms with Crippen LogP contribution in [0.2, 0.25) is 0 Å². The number of non-ortho nitro benzene ring substituents is 1. The first-order valence-electron chi connectivity index (χ1n) is 5.59. The molecule has 0 heterocycles. The topological polar surface area (TPSA) is 43.1 Å². The van der Waals surface area contributed by atoms with Gasteiger partial charge >= 0.3 is 0 Å². The van der Waals surface area contributed by atoms with Crippen LogP contribution >= 0.6 is 15.9 Å². The number of rotatable bonds is 4. The summed E-state index contributed by atoms with van der Waals surface area (Å²) in [6, 6.07) is 16.8. The second kappa shape index (κ2) is 5.78. The fourth-order valence-corrected chi connectivity index (χ4v) is 2.42. The van der Waals surface area contributed by atoms with E-state index in [1.807, 2.05) is 18.2 Å². The zero-order chi connectivity index (χ0) is 13.0. The highest BCUT2D eigenvalue weighted by Gasteiger charge is 2.09. The van der Waals surface area contributed by atoms with Crippen molar-refractivity contribution in [1.29, 1.82) is 0 Å². The molecule has 0 amide bonds. The third kappa shape index (κ3) is 3.17. The van der Waals surface area contributed by atoms with Gasteiger partial charge in [0.2, 0.25) is 0 Å². The average Bonchev–Trinajstić information content (AvgIpc) is 2.40. The molecule has 0 saturated carbocycles. The van der Waals surface area contributed by atoms with Crippen LogP contribution < -0.4 is 0 Å². The van der Waals surface area contributed by atoms with Gasteiger partial charge in [-0.25, -0.2) is 0 Å². The summed E-state index contributed by atoms with van der Waals surface area (Å²) in [5.74, 6) is 0. The molecule has 0 aromatic heterocycles. The first-order valence-corrected chi connectivity index (χ1v) is 6.51. The SMILES string of the molecule is O=[N+]([O-])c1ccc(CC(Br)c2ccccc2)cc1. The third-order valence-corrected chi connectivity index (χ3v) is 3.58. The maximum absolute atomic E-state index is 10.6. The lowest BCUT2D eigenvalue weighted by Gasteiger charge is -2.09. The minimum Gasteiger partial charge on any atom is -0.258 e. The highest BCUT2D eigenvalue weighted by Crippen LogP contribution is 2.27. The Balaban J connectivity index is 2.08. The van der Waals surface area contributed by atoms with Crippen molar-refractivity contribution in [1.82, 2.24) is 0 Å². The van der Waals surface area contributed by atoms with Crippen molar-refractivity contribution in [2.75, 3.05) is 0 Å². The quantitative estimate of drug-likeness (QED) is 0.481. The van der Waals surface area contributed by atoms with Crippen LogP contribution in [0.3, 0.4) is 0 Å². The van der Waals surface area contributed by atoms with E-state index >= 15 is 0 Å². The molecule has 0 aliphatic rings. The van der Waals surface area contributed by atoms with Crippen LogP contribution in [0.5, 0.6) is 0 Å². The highest BCUT2D eigenvalue weighted by molar-refractivity contribution is 9.09. The number of nitrogens with zero attached hydrogens (tertiary/aromatic N) is 1. The predicted molar refractivity (Wildman–Crippen MR) is 74.9 cm³/mol. The number of hydrogen-bond acceptors (Lipinski definition) is 2. The summed E-state index contributed by atoms with van der Waals surface area (Å²) in [5.41, 5.74) is 2.41. The molecule has 0 N–H and O–H groups in total. The number of benzene rings is 2. The van der Waals surface area contributed by atoms with Crippen LogP contribution in [0.25, 0.3) is 0 Å². The largest absolute Gasteiger partial charge is 0.269 e. The zero-order valence-electron chi connectivity index (χ0n) is 9.62. The van der Waals surface area contributed by atoms with Crippen molar-refractivity contribution in [2.45, 2.75) is 11.2 Å². The Hall–Kier alpha value is -1.68. The highest BCUT2D eigenvalue weighted by atomic mass is 79.9. The molecule has 92 valence electrons. The first-order chi connectivity index (χ1) is 8.66. The Morgan fingerprint density at radius 3 is 2.22 bits per heavy atom. The molecule has 1 atom stereocenters. The van der Waals surface area contributed by atoms with Gasteiger partial charge in [0.25, 0.3) is 5.69 Å². The number of nitro benzene ring substituents is 1. The Labute approximate surface area is 114 Å². The maximum atomic E-state index is 10.6. The van der Waals surface area contributed by atoms with Crippen molar-refractivity contribution in [3.8, 4) is 0 Å². The molecule has 1 unspecified atom stereocenters. The van der Waals surface area contributed by atoms with Crippen molar-refractivity contribution in [3.63, 3.8) is 0 Å². The van der Waals surface area contributed by atoms with E-state index in [1.54, 1.807) is 24.3 Å². The van der Waals surface area contributed by atoms with Gasteiger partial charge in [-0.15, -0.1) is 0 Å². The molecule has 0 aliphatic carbocycles. The molecule has 0 spiro atoms. The molecule has 3 nitrogen and oxygen atoms in total. The molecule has 2 aromatic rings. The molecule has 0 bridgehead atoms. The summed E-state index contributed by atoms with van der Waals surface area (Å²) >= 11 is 3.64. The molecule has 2 rings (SSSR count). The van der Waals surface area contributed by atoms with Crippen molar-refractivity contribution >= 4 is 21.6 Å². The second-order valence-electron chi connectivity index (χ2n) is 4.01. The van der Waals surface area contributed by atoms with Crippen LogP contribution in [-0.4, -0.2) is 4.92 Å². The smallest absolute Gasteiger partial charge is 0.258 e. The summed E-state index contributed by atoms with van der Waals surface area (Å²) in [4.78, 5) is 10.4. The second-order valence-corrected chi connectivity index (χ2v) is 5.11. The van der Waals surface area contributed by atoms with Crippen LogP contribution in [0.15, 0.2) is 54.6 Å². The molecule has 0 fully saturated rings. The number of nitro groups is 1. The molecular weight excluding hydrogens is 294 g/mol. The van der Waals surface area contributed by atoms with E-state index in [2.05, 4.69) is 28.1 Å². The van der Waals surface area contributed by atoms with Gasteiger partial charge in [-0.2, -0.15) is 0 Å². The number of halogens is 1. The lowest BCUT2D eigenvalue weighted by Crippen LogP contribution is -1.95. The monoisotopic (exact) mass is 305 g/mol. The minimum absolute atomic E-state index is 0.129. The summed E-state index contributed by atoms with van der Waals surface area (Å²) in [5, 5.41) is 10.6. The van der Waals surface area contributed by atoms with Crippen molar-refractivity contribution < 1.29 is 4.92 Å². The maximum Gasteiger partial charge on any atom is 0.269 e. The average molecular weight is 306 g/mol. The van der Waals surface area contributed by atoms with Gasteiger partial charge in [0.15, 0.2) is 0 Å². The fraction of sp³-hybridized carbons (Fsp3) is 0.143. The van der Waals surface area contributed by atoms with E-state index in [9.17, 15) is 10.1 Å². The fourth-order valence-electron chi connectivity index (χ4n) is 1.74. The van der Waals surface area contributed by atoms with E-state index < -0.39 is 0 Å². The van der Waals surface area contributed by atoms with Gasteiger partial charge in [0, 0.05) is 17.0 Å². The van der Waals surface area contributed by atoms with Crippen LogP contribution in [-0.2, 0) is 6.42 Å². The van der Waals surface area contributed by atoms with E-state index in [-0.39, 0.29) is 15.4 Å². The van der Waals surface area contributed by atoms with Crippen LogP contribution in [0, 0.1) is 10.1 Å². The van der Waals surface area contributed by atoms with Gasteiger partial charge in [0.1, 0.15) is 0 Å². The molecule has 0 aliphatic heterocycles. The third-order valence-electron chi connectivity index (χ3n) is 2.72. The molecular formula is C14H12BrNO2. The van der Waals surface area contributed by atoms with Gasteiger partial charge in [0.05, 0.1) is 4.92 Å². The summed E-state index contributed by atoms with van der Waals surface area (Å²) in [6.07, 6.45) is 0.808. The van der Waals surface area contributed by atoms with Gasteiger partial charge < -0.3 is 0 Å².